The predicted octanol–water partition coefficient (Wildman–Crippen LogP) is 0.945. The van der Waals surface area contributed by atoms with Crippen molar-refractivity contribution >= 4 is 5.78 Å². The number of aromatic nitrogens is 2. The van der Waals surface area contributed by atoms with E-state index in [1.807, 2.05) is 16.9 Å². The van der Waals surface area contributed by atoms with E-state index in [0.717, 1.165) is 12.8 Å². The number of fused-ring (bicyclic) bond motifs is 2. The number of hydrogen-bond acceptors (Lipinski definition) is 3. The van der Waals surface area contributed by atoms with E-state index in [-0.39, 0.29) is 24.0 Å². The van der Waals surface area contributed by atoms with Gasteiger partial charge in [-0.1, -0.05) is 0 Å². The molecule has 0 amide bonds. The van der Waals surface area contributed by atoms with Gasteiger partial charge in [0.2, 0.25) is 0 Å². The van der Waals surface area contributed by atoms with Crippen LogP contribution in [0.25, 0.3) is 0 Å². The fourth-order valence-electron chi connectivity index (χ4n) is 2.39. The third-order valence-corrected chi connectivity index (χ3v) is 3.12. The predicted molar refractivity (Wildman–Crippen MR) is 48.8 cm³/mol. The Bertz CT molecular complexity index is 347. The maximum Gasteiger partial charge on any atom is 0.163 e. The van der Waals surface area contributed by atoms with E-state index in [0.29, 0.717) is 6.42 Å². The molecular formula is C10H12N2O2. The van der Waals surface area contributed by atoms with Gasteiger partial charge < -0.3 is 4.74 Å². The molecule has 0 spiro atoms. The first-order valence-electron chi connectivity index (χ1n) is 5.02. The zero-order valence-corrected chi connectivity index (χ0v) is 7.80. The molecule has 3 atom stereocenters. The Kier molecular flexibility index (Phi) is 1.70. The molecule has 2 aliphatic heterocycles. The largest absolute Gasteiger partial charge is 0.365 e. The van der Waals surface area contributed by atoms with Gasteiger partial charge in [-0.05, 0) is 18.9 Å². The number of nitrogens with zero attached hydrogens (tertiary/aromatic N) is 2. The van der Waals surface area contributed by atoms with Crippen molar-refractivity contribution in [1.82, 2.24) is 9.78 Å². The zero-order chi connectivity index (χ0) is 9.54. The highest BCUT2D eigenvalue weighted by Crippen LogP contribution is 2.36. The lowest BCUT2D eigenvalue weighted by atomic mass is 10.0. The molecule has 2 aliphatic rings. The molecule has 2 bridgehead atoms. The third kappa shape index (κ3) is 1.10. The summed E-state index contributed by atoms with van der Waals surface area (Å²) in [6.45, 7) is 0. The van der Waals surface area contributed by atoms with Gasteiger partial charge in [0.1, 0.15) is 6.10 Å². The van der Waals surface area contributed by atoms with Gasteiger partial charge in [0.25, 0.3) is 0 Å². The van der Waals surface area contributed by atoms with E-state index in [1.165, 1.54) is 0 Å². The van der Waals surface area contributed by atoms with Crippen LogP contribution in [0, 0.1) is 0 Å². The Morgan fingerprint density at radius 1 is 1.50 bits per heavy atom. The van der Waals surface area contributed by atoms with Crippen molar-refractivity contribution in [3.8, 4) is 0 Å². The van der Waals surface area contributed by atoms with Crippen LogP contribution in [0.3, 0.4) is 0 Å². The van der Waals surface area contributed by atoms with Crippen molar-refractivity contribution in [2.24, 2.45) is 0 Å². The lowest BCUT2D eigenvalue weighted by molar-refractivity contribution is -0.139. The molecule has 2 fully saturated rings. The lowest BCUT2D eigenvalue weighted by Gasteiger charge is -2.28. The molecule has 4 heteroatoms. The van der Waals surface area contributed by atoms with Crippen LogP contribution in [-0.4, -0.2) is 27.8 Å². The average Bonchev–Trinajstić information content (AvgIpc) is 2.83. The smallest absolute Gasteiger partial charge is 0.163 e. The number of hydrogen-bond donors (Lipinski definition) is 0. The summed E-state index contributed by atoms with van der Waals surface area (Å²) in [5.41, 5.74) is 0. The second kappa shape index (κ2) is 2.92. The highest BCUT2D eigenvalue weighted by Gasteiger charge is 2.42. The third-order valence-electron chi connectivity index (χ3n) is 3.12. The molecule has 4 nitrogen and oxygen atoms in total. The maximum atomic E-state index is 11.6. The quantitative estimate of drug-likeness (QED) is 0.665. The summed E-state index contributed by atoms with van der Waals surface area (Å²) in [4.78, 5) is 11.6. The minimum Gasteiger partial charge on any atom is -0.365 e. The van der Waals surface area contributed by atoms with E-state index in [1.54, 1.807) is 6.20 Å². The van der Waals surface area contributed by atoms with E-state index in [9.17, 15) is 4.79 Å². The summed E-state index contributed by atoms with van der Waals surface area (Å²) < 4.78 is 7.49. The first-order chi connectivity index (χ1) is 6.84. The van der Waals surface area contributed by atoms with Crippen molar-refractivity contribution in [1.29, 1.82) is 0 Å². The fraction of sp³-hybridized carbons (Fsp3) is 0.600. The average molecular weight is 192 g/mol. The van der Waals surface area contributed by atoms with Crippen molar-refractivity contribution in [3.05, 3.63) is 18.5 Å². The summed E-state index contributed by atoms with van der Waals surface area (Å²) in [7, 11) is 0. The van der Waals surface area contributed by atoms with Gasteiger partial charge in [-0.3, -0.25) is 9.48 Å². The van der Waals surface area contributed by atoms with E-state index < -0.39 is 0 Å². The standard InChI is InChI=1S/C10H12N2O2/c13-8-6-7(12-5-1-4-11-12)9-2-3-10(8)14-9/h1,4-5,7,9-10H,2-3,6H2. The first kappa shape index (κ1) is 8.17. The number of Topliss-reactive ketones (excluding diaryl/α,β-unsaturated/α-hetero) is 1. The highest BCUT2D eigenvalue weighted by molar-refractivity contribution is 5.84. The van der Waals surface area contributed by atoms with Gasteiger partial charge in [-0.15, -0.1) is 0 Å². The zero-order valence-electron chi connectivity index (χ0n) is 7.80. The topological polar surface area (TPSA) is 44.1 Å². The van der Waals surface area contributed by atoms with Crippen molar-refractivity contribution in [2.75, 3.05) is 0 Å². The van der Waals surface area contributed by atoms with Gasteiger partial charge in [0, 0.05) is 18.8 Å². The summed E-state index contributed by atoms with van der Waals surface area (Å²) in [5.74, 6) is 0.235. The fourth-order valence-corrected chi connectivity index (χ4v) is 2.39. The molecule has 0 radical (unpaired) electrons. The Hall–Kier alpha value is -1.16. The molecule has 14 heavy (non-hydrogen) atoms. The molecule has 3 heterocycles. The van der Waals surface area contributed by atoms with Gasteiger partial charge in [-0.25, -0.2) is 0 Å². The number of rotatable bonds is 1. The van der Waals surface area contributed by atoms with E-state index in [4.69, 9.17) is 4.74 Å². The number of ketones is 1. The van der Waals surface area contributed by atoms with Crippen LogP contribution in [0.1, 0.15) is 25.3 Å². The molecule has 0 saturated carbocycles. The van der Waals surface area contributed by atoms with E-state index in [2.05, 4.69) is 5.10 Å². The molecule has 0 aromatic carbocycles. The molecule has 1 aromatic heterocycles. The Labute approximate surface area is 81.9 Å². The molecule has 2 saturated heterocycles. The second-order valence-corrected chi connectivity index (χ2v) is 3.96. The molecule has 74 valence electrons. The molecule has 0 N–H and O–H groups in total. The van der Waals surface area contributed by atoms with Gasteiger partial charge >= 0.3 is 0 Å². The van der Waals surface area contributed by atoms with Gasteiger partial charge in [-0.2, -0.15) is 5.10 Å². The van der Waals surface area contributed by atoms with E-state index >= 15 is 0 Å². The molecule has 3 unspecified atom stereocenters. The second-order valence-electron chi connectivity index (χ2n) is 3.96. The van der Waals surface area contributed by atoms with Crippen LogP contribution >= 0.6 is 0 Å². The van der Waals surface area contributed by atoms with Crippen molar-refractivity contribution < 1.29 is 9.53 Å². The van der Waals surface area contributed by atoms with Crippen molar-refractivity contribution in [2.45, 2.75) is 37.5 Å². The number of carbonyl (C=O) groups excluding carboxylic acids is 1. The van der Waals surface area contributed by atoms with Crippen LogP contribution in [0.4, 0.5) is 0 Å². The highest BCUT2D eigenvalue weighted by atomic mass is 16.5. The van der Waals surface area contributed by atoms with Crippen LogP contribution in [0.2, 0.25) is 0 Å². The van der Waals surface area contributed by atoms with Crippen LogP contribution < -0.4 is 0 Å². The summed E-state index contributed by atoms with van der Waals surface area (Å²) >= 11 is 0. The number of ether oxygens (including phenoxy) is 1. The summed E-state index contributed by atoms with van der Waals surface area (Å²) in [6, 6.07) is 2.00. The Morgan fingerprint density at radius 3 is 3.21 bits per heavy atom. The Morgan fingerprint density at radius 2 is 2.43 bits per heavy atom. The summed E-state index contributed by atoms with van der Waals surface area (Å²) in [5, 5.41) is 4.18. The normalized spacial score (nSPS) is 36.3. The lowest BCUT2D eigenvalue weighted by Crippen LogP contribution is -2.36. The first-order valence-corrected chi connectivity index (χ1v) is 5.02. The van der Waals surface area contributed by atoms with Gasteiger partial charge in [0.15, 0.2) is 5.78 Å². The monoisotopic (exact) mass is 192 g/mol. The molecule has 0 aliphatic carbocycles. The van der Waals surface area contributed by atoms with Gasteiger partial charge in [0.05, 0.1) is 12.1 Å². The van der Waals surface area contributed by atoms with Crippen LogP contribution in [0.15, 0.2) is 18.5 Å². The minimum atomic E-state index is -0.119. The van der Waals surface area contributed by atoms with Crippen LogP contribution in [0.5, 0.6) is 0 Å². The summed E-state index contributed by atoms with van der Waals surface area (Å²) in [6.07, 6.45) is 6.18. The number of carbonyl (C=O) groups is 1. The van der Waals surface area contributed by atoms with Crippen LogP contribution in [-0.2, 0) is 9.53 Å². The Balaban J connectivity index is 1.90. The minimum absolute atomic E-state index is 0.119. The van der Waals surface area contributed by atoms with Crippen molar-refractivity contribution in [3.63, 3.8) is 0 Å². The molecular weight excluding hydrogens is 180 g/mol. The maximum absolute atomic E-state index is 11.6. The molecule has 3 rings (SSSR count). The SMILES string of the molecule is O=C1CC(n2cccn2)C2CCC1O2. The molecule has 1 aromatic rings.